The monoisotopic (exact) mass is 440 g/mol. The summed E-state index contributed by atoms with van der Waals surface area (Å²) in [6.07, 6.45) is 4.18. The number of nitrogens with two attached hydrogens (primary N) is 1. The molecular formula is C19H22Cl2N4O4. The van der Waals surface area contributed by atoms with Crippen molar-refractivity contribution in [1.29, 1.82) is 0 Å². The van der Waals surface area contributed by atoms with Crippen LogP contribution < -0.4 is 11.1 Å². The summed E-state index contributed by atoms with van der Waals surface area (Å²) < 4.78 is 9.71. The second-order valence-electron chi connectivity index (χ2n) is 5.28. The van der Waals surface area contributed by atoms with E-state index >= 15 is 0 Å². The highest BCUT2D eigenvalue weighted by Crippen LogP contribution is 2.12. The Kier molecular flexibility index (Phi) is 11.1. The van der Waals surface area contributed by atoms with Gasteiger partial charge in [0.05, 0.1) is 35.3 Å². The zero-order valence-electron chi connectivity index (χ0n) is 16.0. The van der Waals surface area contributed by atoms with Crippen molar-refractivity contribution >= 4 is 46.8 Å². The number of anilines is 2. The molecule has 10 heteroatoms. The van der Waals surface area contributed by atoms with Crippen molar-refractivity contribution in [3.8, 4) is 0 Å². The summed E-state index contributed by atoms with van der Waals surface area (Å²) in [5.74, 6) is -0.0888. The molecule has 0 unspecified atom stereocenters. The third-order valence-electron chi connectivity index (χ3n) is 3.05. The van der Waals surface area contributed by atoms with Gasteiger partial charge in [0.2, 0.25) is 0 Å². The van der Waals surface area contributed by atoms with E-state index in [-0.39, 0.29) is 25.2 Å². The summed E-state index contributed by atoms with van der Waals surface area (Å²) >= 11 is 11.2. The van der Waals surface area contributed by atoms with Crippen LogP contribution in [-0.4, -0.2) is 35.1 Å². The third kappa shape index (κ3) is 10.3. The summed E-state index contributed by atoms with van der Waals surface area (Å²) in [5, 5.41) is 3.93. The molecule has 0 aliphatic carbocycles. The average Bonchev–Trinajstić information content (AvgIpc) is 2.69. The van der Waals surface area contributed by atoms with E-state index in [1.54, 1.807) is 38.1 Å². The largest absolute Gasteiger partial charge is 0.466 e. The summed E-state index contributed by atoms with van der Waals surface area (Å²) in [7, 11) is 0. The number of pyridine rings is 2. The molecule has 0 fully saturated rings. The molecule has 0 amide bonds. The molecular weight excluding hydrogens is 419 g/mol. The van der Waals surface area contributed by atoms with E-state index in [0.29, 0.717) is 21.7 Å². The van der Waals surface area contributed by atoms with Crippen molar-refractivity contribution in [2.75, 3.05) is 24.3 Å². The molecule has 0 aromatic carbocycles. The van der Waals surface area contributed by atoms with E-state index in [9.17, 15) is 9.59 Å². The molecule has 0 saturated carbocycles. The molecule has 0 bridgehead atoms. The van der Waals surface area contributed by atoms with E-state index in [2.05, 4.69) is 15.3 Å². The van der Waals surface area contributed by atoms with Gasteiger partial charge in [0.15, 0.2) is 0 Å². The topological polar surface area (TPSA) is 116 Å². The minimum Gasteiger partial charge on any atom is -0.466 e. The van der Waals surface area contributed by atoms with Gasteiger partial charge in [-0.05, 0) is 38.1 Å². The zero-order chi connectivity index (χ0) is 21.6. The lowest BCUT2D eigenvalue weighted by molar-refractivity contribution is -0.145. The van der Waals surface area contributed by atoms with Crippen LogP contribution in [0.25, 0.3) is 0 Å². The highest BCUT2D eigenvalue weighted by molar-refractivity contribution is 6.30. The van der Waals surface area contributed by atoms with Gasteiger partial charge < -0.3 is 20.5 Å². The van der Waals surface area contributed by atoms with E-state index in [1.165, 1.54) is 18.6 Å². The summed E-state index contributed by atoms with van der Waals surface area (Å²) in [5.41, 5.74) is 5.42. The third-order valence-corrected chi connectivity index (χ3v) is 3.50. The first-order valence-corrected chi connectivity index (χ1v) is 9.38. The Morgan fingerprint density at radius 1 is 1.03 bits per heavy atom. The number of hydrogen-bond acceptors (Lipinski definition) is 8. The fourth-order valence-electron chi connectivity index (χ4n) is 1.78. The Balaban J connectivity index is 0.000000436. The number of hydrogen-bond donors (Lipinski definition) is 2. The SMILES string of the molecule is CCOC(=O)CC(=CNc1ccc(Cl)cn1)C(=O)OCC.Nc1ccc(Cl)cn1. The zero-order valence-corrected chi connectivity index (χ0v) is 17.5. The highest BCUT2D eigenvalue weighted by Gasteiger charge is 2.16. The number of halogens is 2. The van der Waals surface area contributed by atoms with Gasteiger partial charge in [-0.25, -0.2) is 14.8 Å². The quantitative estimate of drug-likeness (QED) is 0.492. The van der Waals surface area contributed by atoms with Crippen molar-refractivity contribution in [2.45, 2.75) is 20.3 Å². The van der Waals surface area contributed by atoms with Crippen molar-refractivity contribution < 1.29 is 19.1 Å². The molecule has 0 saturated heterocycles. The molecule has 156 valence electrons. The van der Waals surface area contributed by atoms with Gasteiger partial charge in [0, 0.05) is 18.6 Å². The van der Waals surface area contributed by atoms with Crippen LogP contribution in [0.3, 0.4) is 0 Å². The maximum absolute atomic E-state index is 11.8. The molecule has 29 heavy (non-hydrogen) atoms. The number of ether oxygens (including phenoxy) is 2. The normalized spacial score (nSPS) is 10.4. The lowest BCUT2D eigenvalue weighted by Gasteiger charge is -2.08. The molecule has 2 rings (SSSR count). The molecule has 0 radical (unpaired) electrons. The Bertz CT molecular complexity index is 791. The molecule has 3 N–H and O–H groups in total. The minimum atomic E-state index is -0.577. The van der Waals surface area contributed by atoms with Gasteiger partial charge in [0.1, 0.15) is 11.6 Å². The van der Waals surface area contributed by atoms with E-state index < -0.39 is 11.9 Å². The molecule has 2 aromatic rings. The standard InChI is InChI=1S/C14H17ClN2O4.C5H5ClN2/c1-3-20-13(18)7-10(14(19)21-4-2)8-16-12-6-5-11(15)9-17-12;6-4-1-2-5(7)8-3-4/h5-6,8-9H,3-4,7H2,1-2H3,(H,16,17);1-3H,(H2,7,8). The van der Waals surface area contributed by atoms with Crippen LogP contribution in [0.4, 0.5) is 11.6 Å². The van der Waals surface area contributed by atoms with Crippen LogP contribution >= 0.6 is 23.2 Å². The van der Waals surface area contributed by atoms with Crippen LogP contribution in [0.2, 0.25) is 10.0 Å². The van der Waals surface area contributed by atoms with Crippen LogP contribution in [0.15, 0.2) is 48.4 Å². The Hall–Kier alpha value is -2.84. The maximum atomic E-state index is 11.8. The smallest absolute Gasteiger partial charge is 0.336 e. The number of nitrogens with zero attached hydrogens (tertiary/aromatic N) is 2. The molecule has 0 aliphatic rings. The van der Waals surface area contributed by atoms with Crippen LogP contribution in [-0.2, 0) is 19.1 Å². The molecule has 8 nitrogen and oxygen atoms in total. The number of rotatable bonds is 7. The van der Waals surface area contributed by atoms with Gasteiger partial charge in [-0.1, -0.05) is 23.2 Å². The first kappa shape index (κ1) is 24.2. The molecule has 2 heterocycles. The van der Waals surface area contributed by atoms with E-state index in [0.717, 1.165) is 0 Å². The van der Waals surface area contributed by atoms with Gasteiger partial charge in [-0.3, -0.25) is 4.79 Å². The van der Waals surface area contributed by atoms with Crippen molar-refractivity contribution in [2.24, 2.45) is 0 Å². The van der Waals surface area contributed by atoms with Gasteiger partial charge in [-0.2, -0.15) is 0 Å². The number of carbonyl (C=O) groups is 2. The molecule has 0 atom stereocenters. The number of nitrogens with one attached hydrogen (secondary N) is 1. The predicted octanol–water partition coefficient (Wildman–Crippen LogP) is 3.86. The molecule has 2 aromatic heterocycles. The fourth-order valence-corrected chi connectivity index (χ4v) is 2.01. The molecule has 0 aliphatic heterocycles. The first-order chi connectivity index (χ1) is 13.8. The van der Waals surface area contributed by atoms with Gasteiger partial charge >= 0.3 is 11.9 Å². The van der Waals surface area contributed by atoms with Crippen LogP contribution in [0, 0.1) is 0 Å². The summed E-state index contributed by atoms with van der Waals surface area (Å²) in [6.45, 7) is 3.86. The summed E-state index contributed by atoms with van der Waals surface area (Å²) in [4.78, 5) is 31.0. The van der Waals surface area contributed by atoms with Gasteiger partial charge in [0.25, 0.3) is 0 Å². The van der Waals surface area contributed by atoms with Crippen molar-refractivity contribution in [1.82, 2.24) is 9.97 Å². The Morgan fingerprint density at radius 2 is 1.66 bits per heavy atom. The fraction of sp³-hybridized carbons (Fsp3) is 0.263. The number of carbonyl (C=O) groups excluding carboxylic acids is 2. The Morgan fingerprint density at radius 3 is 2.14 bits per heavy atom. The predicted molar refractivity (Wildman–Crippen MR) is 112 cm³/mol. The first-order valence-electron chi connectivity index (χ1n) is 8.62. The second kappa shape index (κ2) is 13.4. The van der Waals surface area contributed by atoms with E-state index in [1.807, 2.05) is 0 Å². The lowest BCUT2D eigenvalue weighted by atomic mass is 10.2. The minimum absolute atomic E-state index is 0.159. The van der Waals surface area contributed by atoms with E-state index in [4.69, 9.17) is 38.4 Å². The molecule has 0 spiro atoms. The van der Waals surface area contributed by atoms with Gasteiger partial charge in [-0.15, -0.1) is 0 Å². The number of aromatic nitrogens is 2. The van der Waals surface area contributed by atoms with Crippen LogP contribution in [0.1, 0.15) is 20.3 Å². The van der Waals surface area contributed by atoms with Crippen molar-refractivity contribution in [3.05, 3.63) is 58.5 Å². The summed E-state index contributed by atoms with van der Waals surface area (Å²) in [6, 6.07) is 6.65. The average molecular weight is 441 g/mol. The number of esters is 2. The highest BCUT2D eigenvalue weighted by atomic mass is 35.5. The Labute approximate surface area is 179 Å². The second-order valence-corrected chi connectivity index (χ2v) is 6.15. The lowest BCUT2D eigenvalue weighted by Crippen LogP contribution is -2.15. The van der Waals surface area contributed by atoms with Crippen molar-refractivity contribution in [3.63, 3.8) is 0 Å². The number of nitrogen functional groups attached to an aromatic ring is 1. The maximum Gasteiger partial charge on any atom is 0.336 e. The van der Waals surface area contributed by atoms with Crippen LogP contribution in [0.5, 0.6) is 0 Å².